The van der Waals surface area contributed by atoms with E-state index < -0.39 is 5.25 Å². The second kappa shape index (κ2) is 8.49. The van der Waals surface area contributed by atoms with Gasteiger partial charge in [-0.05, 0) is 5.56 Å². The second-order valence-electron chi connectivity index (χ2n) is 5.50. The third kappa shape index (κ3) is 3.86. The molecule has 1 atom stereocenters. The Bertz CT molecular complexity index is 879. The lowest BCUT2D eigenvalue weighted by atomic mass is 10.1. The lowest BCUT2D eigenvalue weighted by Crippen LogP contribution is -2.12. The summed E-state index contributed by atoms with van der Waals surface area (Å²) in [6.45, 7) is 4.37. The van der Waals surface area contributed by atoms with E-state index in [1.165, 1.54) is 18.9 Å². The summed E-state index contributed by atoms with van der Waals surface area (Å²) in [5.41, 5.74) is 1.82. The van der Waals surface area contributed by atoms with Gasteiger partial charge in [0.05, 0.1) is 7.11 Å². The van der Waals surface area contributed by atoms with Crippen molar-refractivity contribution in [3.05, 3.63) is 78.9 Å². The van der Waals surface area contributed by atoms with E-state index in [4.69, 9.17) is 4.74 Å². The van der Waals surface area contributed by atoms with Crippen LogP contribution in [0.3, 0.4) is 0 Å². The number of thioether (sulfide) groups is 1. The van der Waals surface area contributed by atoms with Crippen molar-refractivity contribution in [2.24, 2.45) is 0 Å². The van der Waals surface area contributed by atoms with Crippen molar-refractivity contribution in [3.63, 3.8) is 0 Å². The van der Waals surface area contributed by atoms with E-state index in [1.54, 1.807) is 6.08 Å². The van der Waals surface area contributed by atoms with Gasteiger partial charge >= 0.3 is 5.97 Å². The summed E-state index contributed by atoms with van der Waals surface area (Å²) in [5.74, 6) is 0.417. The summed E-state index contributed by atoms with van der Waals surface area (Å²) in [7, 11) is 1.39. The van der Waals surface area contributed by atoms with Crippen LogP contribution in [0.4, 0.5) is 0 Å². The first-order valence-electron chi connectivity index (χ1n) is 8.13. The van der Waals surface area contributed by atoms with Crippen LogP contribution >= 0.6 is 11.8 Å². The molecule has 3 aromatic rings. The SMILES string of the molecule is C=CCn1c(S[C@@H](C(=O)OC)c2ccccc2)nnc1-c1ccccc1. The van der Waals surface area contributed by atoms with Crippen LogP contribution in [0, 0.1) is 0 Å². The molecule has 0 saturated carbocycles. The number of rotatable bonds is 7. The molecule has 0 unspecified atom stereocenters. The number of hydrogen-bond acceptors (Lipinski definition) is 5. The minimum Gasteiger partial charge on any atom is -0.468 e. The topological polar surface area (TPSA) is 57.0 Å². The molecule has 0 saturated heterocycles. The highest BCUT2D eigenvalue weighted by Gasteiger charge is 2.26. The Hall–Kier alpha value is -2.86. The van der Waals surface area contributed by atoms with Gasteiger partial charge in [-0.1, -0.05) is 78.5 Å². The molecule has 0 N–H and O–H groups in total. The van der Waals surface area contributed by atoms with E-state index in [9.17, 15) is 4.79 Å². The smallest absolute Gasteiger partial charge is 0.323 e. The van der Waals surface area contributed by atoms with Crippen LogP contribution in [0.1, 0.15) is 10.8 Å². The van der Waals surface area contributed by atoms with Crippen LogP contribution in [0.25, 0.3) is 11.4 Å². The average Bonchev–Trinajstić information content (AvgIpc) is 3.09. The molecule has 2 aromatic carbocycles. The Morgan fingerprint density at radius 3 is 2.42 bits per heavy atom. The number of ether oxygens (including phenoxy) is 1. The van der Waals surface area contributed by atoms with Crippen LogP contribution in [0.15, 0.2) is 78.5 Å². The predicted molar refractivity (Wildman–Crippen MR) is 103 cm³/mol. The lowest BCUT2D eigenvalue weighted by Gasteiger charge is -2.15. The van der Waals surface area contributed by atoms with Crippen molar-refractivity contribution in [1.82, 2.24) is 14.8 Å². The summed E-state index contributed by atoms with van der Waals surface area (Å²) >= 11 is 1.32. The normalized spacial score (nSPS) is 11.7. The fourth-order valence-corrected chi connectivity index (χ4v) is 3.64. The first kappa shape index (κ1) is 17.9. The molecule has 0 aliphatic rings. The van der Waals surface area contributed by atoms with Gasteiger partial charge in [-0.2, -0.15) is 0 Å². The fourth-order valence-electron chi connectivity index (χ4n) is 2.56. The number of allylic oxidation sites excluding steroid dienone is 1. The van der Waals surface area contributed by atoms with E-state index in [-0.39, 0.29) is 5.97 Å². The standard InChI is InChI=1S/C20H19N3O2S/c1-3-14-23-18(16-12-8-5-9-13-16)21-22-20(23)26-17(19(24)25-2)15-10-6-4-7-11-15/h3-13,17H,1,14H2,2H3/t17-/m1/s1. The molecule has 0 amide bonds. The zero-order valence-electron chi connectivity index (χ0n) is 14.4. The molecule has 1 heterocycles. The zero-order chi connectivity index (χ0) is 18.4. The Kier molecular flexibility index (Phi) is 5.86. The molecule has 6 heteroatoms. The highest BCUT2D eigenvalue weighted by molar-refractivity contribution is 8.00. The van der Waals surface area contributed by atoms with Gasteiger partial charge in [0.15, 0.2) is 11.0 Å². The number of hydrogen-bond donors (Lipinski definition) is 0. The van der Waals surface area contributed by atoms with Crippen LogP contribution in [-0.2, 0) is 16.1 Å². The molecule has 0 spiro atoms. The van der Waals surface area contributed by atoms with Gasteiger partial charge in [0, 0.05) is 12.1 Å². The molecular formula is C20H19N3O2S. The maximum absolute atomic E-state index is 12.3. The van der Waals surface area contributed by atoms with Gasteiger partial charge in [0.2, 0.25) is 0 Å². The van der Waals surface area contributed by atoms with Crippen molar-refractivity contribution >= 4 is 17.7 Å². The Morgan fingerprint density at radius 2 is 1.81 bits per heavy atom. The third-order valence-corrected chi connectivity index (χ3v) is 5.01. The summed E-state index contributed by atoms with van der Waals surface area (Å²) in [4.78, 5) is 12.3. The van der Waals surface area contributed by atoms with E-state index in [1.807, 2.05) is 65.2 Å². The molecule has 1 aromatic heterocycles. The number of methoxy groups -OCH3 is 1. The monoisotopic (exact) mass is 365 g/mol. The number of nitrogens with zero attached hydrogens (tertiary/aromatic N) is 3. The summed E-state index contributed by atoms with van der Waals surface area (Å²) in [6.07, 6.45) is 1.79. The molecular weight excluding hydrogens is 346 g/mol. The van der Waals surface area contributed by atoms with Crippen LogP contribution < -0.4 is 0 Å². The minimum absolute atomic E-state index is 0.324. The van der Waals surface area contributed by atoms with Crippen molar-refractivity contribution in [1.29, 1.82) is 0 Å². The van der Waals surface area contributed by atoms with E-state index >= 15 is 0 Å². The van der Waals surface area contributed by atoms with Gasteiger partial charge in [-0.3, -0.25) is 9.36 Å². The lowest BCUT2D eigenvalue weighted by molar-refractivity contribution is -0.140. The molecule has 0 aliphatic heterocycles. The van der Waals surface area contributed by atoms with E-state index in [0.717, 1.165) is 17.0 Å². The second-order valence-corrected chi connectivity index (χ2v) is 6.58. The number of aromatic nitrogens is 3. The molecule has 0 radical (unpaired) electrons. The molecule has 3 rings (SSSR count). The van der Waals surface area contributed by atoms with Crippen molar-refractivity contribution in [2.75, 3.05) is 7.11 Å². The van der Waals surface area contributed by atoms with Crippen molar-refractivity contribution in [2.45, 2.75) is 17.0 Å². The summed E-state index contributed by atoms with van der Waals surface area (Å²) in [6, 6.07) is 19.3. The highest BCUT2D eigenvalue weighted by atomic mass is 32.2. The Balaban J connectivity index is 1.98. The van der Waals surface area contributed by atoms with Gasteiger partial charge in [0.1, 0.15) is 5.25 Å². The number of esters is 1. The summed E-state index contributed by atoms with van der Waals surface area (Å²) < 4.78 is 6.94. The third-order valence-electron chi connectivity index (χ3n) is 3.80. The Labute approximate surface area is 156 Å². The molecule has 5 nitrogen and oxygen atoms in total. The molecule has 0 bridgehead atoms. The maximum Gasteiger partial charge on any atom is 0.323 e. The number of carbonyl (C=O) groups excluding carboxylic acids is 1. The van der Waals surface area contributed by atoms with Crippen molar-refractivity contribution < 1.29 is 9.53 Å². The fraction of sp³-hybridized carbons (Fsp3) is 0.150. The highest BCUT2D eigenvalue weighted by Crippen LogP contribution is 2.36. The van der Waals surface area contributed by atoms with Crippen LogP contribution in [-0.4, -0.2) is 27.8 Å². The van der Waals surface area contributed by atoms with E-state index in [2.05, 4.69) is 16.8 Å². The largest absolute Gasteiger partial charge is 0.468 e. The minimum atomic E-state index is -0.516. The van der Waals surface area contributed by atoms with Crippen molar-refractivity contribution in [3.8, 4) is 11.4 Å². The average molecular weight is 365 g/mol. The molecule has 26 heavy (non-hydrogen) atoms. The maximum atomic E-state index is 12.3. The first-order chi connectivity index (χ1) is 12.7. The summed E-state index contributed by atoms with van der Waals surface area (Å²) in [5, 5.41) is 8.77. The van der Waals surface area contributed by atoms with Crippen LogP contribution in [0.2, 0.25) is 0 Å². The molecule has 132 valence electrons. The number of carbonyl (C=O) groups is 1. The first-order valence-corrected chi connectivity index (χ1v) is 9.01. The van der Waals surface area contributed by atoms with Gasteiger partial charge < -0.3 is 4.74 Å². The van der Waals surface area contributed by atoms with Gasteiger partial charge in [-0.15, -0.1) is 16.8 Å². The van der Waals surface area contributed by atoms with Gasteiger partial charge in [0.25, 0.3) is 0 Å². The quantitative estimate of drug-likeness (QED) is 0.358. The number of benzene rings is 2. The van der Waals surface area contributed by atoms with E-state index in [0.29, 0.717) is 11.7 Å². The molecule has 0 aliphatic carbocycles. The van der Waals surface area contributed by atoms with Crippen LogP contribution in [0.5, 0.6) is 0 Å². The molecule has 0 fully saturated rings. The Morgan fingerprint density at radius 1 is 1.15 bits per heavy atom. The predicted octanol–water partition coefficient (Wildman–Crippen LogP) is 4.14. The zero-order valence-corrected chi connectivity index (χ0v) is 15.2. The van der Waals surface area contributed by atoms with Gasteiger partial charge in [-0.25, -0.2) is 0 Å².